The quantitative estimate of drug-likeness (QED) is 0.809. The van der Waals surface area contributed by atoms with Crippen molar-refractivity contribution in [2.75, 3.05) is 25.1 Å². The van der Waals surface area contributed by atoms with Crippen LogP contribution in [0.25, 0.3) is 11.1 Å². The molecule has 0 unspecified atom stereocenters. The third-order valence-corrected chi connectivity index (χ3v) is 4.63. The Morgan fingerprint density at radius 1 is 1.26 bits per heavy atom. The number of halogens is 1. The molecule has 1 atom stereocenters. The van der Waals surface area contributed by atoms with E-state index in [0.29, 0.717) is 30.5 Å². The Balaban J connectivity index is 1.98. The van der Waals surface area contributed by atoms with Gasteiger partial charge in [-0.3, -0.25) is 9.59 Å². The number of nitrogens with zero attached hydrogens (tertiary/aromatic N) is 1. The first-order valence-electron chi connectivity index (χ1n) is 8.67. The molecule has 1 heterocycles. The van der Waals surface area contributed by atoms with Gasteiger partial charge in [-0.2, -0.15) is 0 Å². The van der Waals surface area contributed by atoms with E-state index in [2.05, 4.69) is 11.9 Å². The lowest BCUT2D eigenvalue weighted by Gasteiger charge is -2.35. The molecule has 0 saturated carbocycles. The van der Waals surface area contributed by atoms with Crippen molar-refractivity contribution in [1.82, 2.24) is 4.90 Å². The zero-order valence-corrected chi connectivity index (χ0v) is 15.8. The van der Waals surface area contributed by atoms with E-state index >= 15 is 0 Å². The minimum Gasteiger partial charge on any atom is -0.377 e. The smallest absolute Gasteiger partial charge is 0.246 e. The van der Waals surface area contributed by atoms with E-state index in [9.17, 15) is 9.59 Å². The second-order valence-corrected chi connectivity index (χ2v) is 6.80. The van der Waals surface area contributed by atoms with Gasteiger partial charge in [0.2, 0.25) is 11.8 Å². The molecule has 0 bridgehead atoms. The summed E-state index contributed by atoms with van der Waals surface area (Å²) >= 11 is 6.37. The Bertz CT molecular complexity index is 881. The highest BCUT2D eigenvalue weighted by molar-refractivity contribution is 6.31. The zero-order valence-electron chi connectivity index (χ0n) is 15.1. The summed E-state index contributed by atoms with van der Waals surface area (Å²) < 4.78 is 5.59. The van der Waals surface area contributed by atoms with Gasteiger partial charge in [0.15, 0.2) is 0 Å². The lowest BCUT2D eigenvalue weighted by Crippen LogP contribution is -2.42. The number of amides is 2. The molecule has 1 saturated heterocycles. The van der Waals surface area contributed by atoms with Crippen LogP contribution in [0.1, 0.15) is 18.5 Å². The fraction of sp³-hybridized carbons (Fsp3) is 0.238. The van der Waals surface area contributed by atoms with Crippen LogP contribution in [-0.2, 0) is 14.3 Å². The maximum Gasteiger partial charge on any atom is 0.246 e. The monoisotopic (exact) mass is 384 g/mol. The normalized spacial score (nSPS) is 16.7. The first-order chi connectivity index (χ1) is 13.0. The van der Waals surface area contributed by atoms with Crippen LogP contribution in [0.3, 0.4) is 0 Å². The van der Waals surface area contributed by atoms with Gasteiger partial charge in [-0.25, -0.2) is 0 Å². The molecular formula is C21H21ClN2O3. The van der Waals surface area contributed by atoms with E-state index in [1.807, 2.05) is 42.5 Å². The Morgan fingerprint density at radius 3 is 2.81 bits per heavy atom. The number of anilines is 1. The molecule has 3 rings (SSSR count). The lowest BCUT2D eigenvalue weighted by atomic mass is 9.98. The number of rotatable bonds is 4. The molecule has 2 aromatic carbocycles. The molecule has 2 amide bonds. The van der Waals surface area contributed by atoms with Crippen LogP contribution in [0.2, 0.25) is 5.02 Å². The SMILES string of the molecule is C=CC(=O)N1CCOC[C@H]1c1cc(Cl)cc(-c2cccc(NC(C)=O)c2)c1. The standard InChI is InChI=1S/C21H21ClN2O3/c1-3-21(26)24-7-8-27-13-20(24)17-9-16(10-18(22)11-17)15-5-4-6-19(12-15)23-14(2)25/h3-6,9-12,20H,1,7-8,13H2,2H3,(H,23,25)/t20-/m0/s1. The first-order valence-corrected chi connectivity index (χ1v) is 9.05. The summed E-state index contributed by atoms with van der Waals surface area (Å²) in [5.41, 5.74) is 3.44. The number of ether oxygens (including phenoxy) is 1. The van der Waals surface area contributed by atoms with E-state index in [4.69, 9.17) is 16.3 Å². The van der Waals surface area contributed by atoms with Crippen LogP contribution in [0.5, 0.6) is 0 Å². The van der Waals surface area contributed by atoms with E-state index in [1.54, 1.807) is 4.90 Å². The second kappa shape index (κ2) is 8.37. The van der Waals surface area contributed by atoms with E-state index in [0.717, 1.165) is 16.7 Å². The summed E-state index contributed by atoms with van der Waals surface area (Å²) in [7, 11) is 0. The molecule has 1 aliphatic heterocycles. The number of morpholine rings is 1. The highest BCUT2D eigenvalue weighted by Gasteiger charge is 2.27. The summed E-state index contributed by atoms with van der Waals surface area (Å²) in [5, 5.41) is 3.35. The average Bonchev–Trinajstić information content (AvgIpc) is 2.66. The molecule has 2 aromatic rings. The van der Waals surface area contributed by atoms with Gasteiger partial charge in [-0.1, -0.05) is 30.3 Å². The maximum absolute atomic E-state index is 12.2. The molecule has 140 valence electrons. The number of hydrogen-bond acceptors (Lipinski definition) is 3. The predicted octanol–water partition coefficient (Wildman–Crippen LogP) is 4.05. The van der Waals surface area contributed by atoms with Gasteiger partial charge < -0.3 is 15.0 Å². The maximum atomic E-state index is 12.2. The van der Waals surface area contributed by atoms with Crippen molar-refractivity contribution in [2.45, 2.75) is 13.0 Å². The van der Waals surface area contributed by atoms with E-state index in [1.165, 1.54) is 13.0 Å². The highest BCUT2D eigenvalue weighted by atomic mass is 35.5. The molecule has 1 fully saturated rings. The Labute approximate surface area is 163 Å². The topological polar surface area (TPSA) is 58.6 Å². The van der Waals surface area contributed by atoms with Gasteiger partial charge in [0.25, 0.3) is 0 Å². The summed E-state index contributed by atoms with van der Waals surface area (Å²) in [4.78, 5) is 25.3. The van der Waals surface area contributed by atoms with Crippen molar-refractivity contribution in [3.63, 3.8) is 0 Å². The molecule has 0 radical (unpaired) electrons. The van der Waals surface area contributed by atoms with Gasteiger partial charge >= 0.3 is 0 Å². The van der Waals surface area contributed by atoms with Crippen LogP contribution < -0.4 is 5.32 Å². The number of hydrogen-bond donors (Lipinski definition) is 1. The van der Waals surface area contributed by atoms with Crippen molar-refractivity contribution in [3.8, 4) is 11.1 Å². The zero-order chi connectivity index (χ0) is 19.4. The minimum absolute atomic E-state index is 0.127. The predicted molar refractivity (Wildman–Crippen MR) is 107 cm³/mol. The van der Waals surface area contributed by atoms with Crippen molar-refractivity contribution in [3.05, 3.63) is 65.7 Å². The van der Waals surface area contributed by atoms with Gasteiger partial charge in [0.05, 0.1) is 19.3 Å². The molecule has 27 heavy (non-hydrogen) atoms. The van der Waals surface area contributed by atoms with Crippen LogP contribution in [-0.4, -0.2) is 36.5 Å². The Morgan fingerprint density at radius 2 is 2.07 bits per heavy atom. The van der Waals surface area contributed by atoms with Crippen molar-refractivity contribution in [1.29, 1.82) is 0 Å². The van der Waals surface area contributed by atoms with Gasteiger partial charge in [0.1, 0.15) is 0 Å². The molecule has 5 nitrogen and oxygen atoms in total. The first kappa shape index (κ1) is 19.1. The van der Waals surface area contributed by atoms with Gasteiger partial charge in [-0.15, -0.1) is 0 Å². The van der Waals surface area contributed by atoms with Crippen LogP contribution >= 0.6 is 11.6 Å². The third-order valence-electron chi connectivity index (χ3n) is 4.41. The fourth-order valence-electron chi connectivity index (χ4n) is 3.21. The molecule has 0 spiro atoms. The molecule has 1 aliphatic rings. The number of carbonyl (C=O) groups is 2. The van der Waals surface area contributed by atoms with Crippen molar-refractivity contribution in [2.24, 2.45) is 0 Å². The fourth-order valence-corrected chi connectivity index (χ4v) is 3.46. The molecule has 0 aromatic heterocycles. The van der Waals surface area contributed by atoms with E-state index in [-0.39, 0.29) is 17.9 Å². The van der Waals surface area contributed by atoms with Gasteiger partial charge in [-0.05, 0) is 53.1 Å². The average molecular weight is 385 g/mol. The molecular weight excluding hydrogens is 364 g/mol. The van der Waals surface area contributed by atoms with Crippen LogP contribution in [0.15, 0.2) is 55.1 Å². The van der Waals surface area contributed by atoms with Gasteiger partial charge in [0, 0.05) is 24.2 Å². The largest absolute Gasteiger partial charge is 0.377 e. The Kier molecular flexibility index (Phi) is 5.94. The lowest BCUT2D eigenvalue weighted by molar-refractivity contribution is -0.134. The third kappa shape index (κ3) is 4.56. The van der Waals surface area contributed by atoms with Crippen LogP contribution in [0.4, 0.5) is 5.69 Å². The summed E-state index contributed by atoms with van der Waals surface area (Å²) in [6.07, 6.45) is 1.32. The van der Waals surface area contributed by atoms with Crippen molar-refractivity contribution < 1.29 is 14.3 Å². The second-order valence-electron chi connectivity index (χ2n) is 6.36. The van der Waals surface area contributed by atoms with Crippen molar-refractivity contribution >= 4 is 29.1 Å². The summed E-state index contributed by atoms with van der Waals surface area (Å²) in [6.45, 7) is 6.48. The number of nitrogens with one attached hydrogen (secondary N) is 1. The summed E-state index contributed by atoms with van der Waals surface area (Å²) in [6, 6.07) is 13.0. The highest BCUT2D eigenvalue weighted by Crippen LogP contribution is 2.32. The molecule has 6 heteroatoms. The Hall–Kier alpha value is -2.63. The molecule has 0 aliphatic carbocycles. The minimum atomic E-state index is -0.222. The number of benzene rings is 2. The van der Waals surface area contributed by atoms with E-state index < -0.39 is 0 Å². The molecule has 1 N–H and O–H groups in total. The summed E-state index contributed by atoms with van der Waals surface area (Å²) in [5.74, 6) is -0.255. The number of carbonyl (C=O) groups excluding carboxylic acids is 2. The van der Waals surface area contributed by atoms with Crippen LogP contribution in [0, 0.1) is 0 Å².